The van der Waals surface area contributed by atoms with Gasteiger partial charge in [0, 0.05) is 26.2 Å². The van der Waals surface area contributed by atoms with Crippen molar-refractivity contribution in [2.45, 2.75) is 56.8 Å². The molecule has 0 aliphatic carbocycles. The average molecular weight is 439 g/mol. The van der Waals surface area contributed by atoms with Gasteiger partial charge in [-0.1, -0.05) is 0 Å². The van der Waals surface area contributed by atoms with Gasteiger partial charge in [-0.15, -0.1) is 0 Å². The highest BCUT2D eigenvalue weighted by atomic mass is 16.7. The van der Waals surface area contributed by atoms with Crippen LogP contribution in [0.25, 0.3) is 0 Å². The summed E-state index contributed by atoms with van der Waals surface area (Å²) in [6.45, 7) is 5.36. The fourth-order valence-corrected chi connectivity index (χ4v) is 2.78. The van der Waals surface area contributed by atoms with Crippen LogP contribution in [0.2, 0.25) is 0 Å². The molecule has 1 heterocycles. The molecule has 30 heavy (non-hydrogen) atoms. The number of aliphatic hydroxyl groups is 3. The Bertz CT molecular complexity index is 442. The Balaban J connectivity index is 1.97. The molecule has 1 fully saturated rings. The number of amides is 1. The van der Waals surface area contributed by atoms with Crippen molar-refractivity contribution in [2.24, 2.45) is 5.73 Å². The van der Waals surface area contributed by atoms with Gasteiger partial charge in [0.25, 0.3) is 0 Å². The number of nitrogens with one attached hydrogen (secondary N) is 1. The molecule has 1 rings (SSSR count). The molecule has 0 aromatic rings. The maximum Gasteiger partial charge on any atom is 0.220 e. The predicted octanol–water partition coefficient (Wildman–Crippen LogP) is -1.87. The number of hydrogen-bond acceptors (Lipinski definition) is 10. The normalized spacial score (nSPS) is 26.6. The summed E-state index contributed by atoms with van der Waals surface area (Å²) in [5.41, 5.74) is 5.79. The molecule has 1 amide bonds. The van der Waals surface area contributed by atoms with Crippen LogP contribution in [0.3, 0.4) is 0 Å². The molecule has 11 heteroatoms. The molecule has 1 aliphatic heterocycles. The van der Waals surface area contributed by atoms with Crippen LogP contribution in [0.15, 0.2) is 0 Å². The van der Waals surface area contributed by atoms with Crippen molar-refractivity contribution in [2.75, 3.05) is 59.4 Å². The van der Waals surface area contributed by atoms with Gasteiger partial charge in [-0.3, -0.25) is 4.79 Å². The molecule has 0 spiro atoms. The van der Waals surface area contributed by atoms with Crippen LogP contribution >= 0.6 is 0 Å². The van der Waals surface area contributed by atoms with E-state index in [2.05, 4.69) is 5.32 Å². The summed E-state index contributed by atoms with van der Waals surface area (Å²) in [5.74, 6) is -0.0731. The lowest BCUT2D eigenvalue weighted by Gasteiger charge is -2.40. The third kappa shape index (κ3) is 10.9. The minimum atomic E-state index is -1.26. The van der Waals surface area contributed by atoms with Crippen molar-refractivity contribution in [1.82, 2.24) is 5.32 Å². The second-order valence-corrected chi connectivity index (χ2v) is 6.88. The Morgan fingerprint density at radius 2 is 1.67 bits per heavy atom. The fourth-order valence-electron chi connectivity index (χ4n) is 2.78. The maximum atomic E-state index is 11.8. The van der Waals surface area contributed by atoms with E-state index >= 15 is 0 Å². The molecule has 0 aromatic heterocycles. The lowest BCUT2D eigenvalue weighted by atomic mass is 9.98. The lowest BCUT2D eigenvalue weighted by Crippen LogP contribution is -2.62. The predicted molar refractivity (Wildman–Crippen MR) is 107 cm³/mol. The zero-order chi connectivity index (χ0) is 22.2. The first-order chi connectivity index (χ1) is 14.5. The van der Waals surface area contributed by atoms with Crippen molar-refractivity contribution in [3.63, 3.8) is 0 Å². The molecule has 5 unspecified atom stereocenters. The molecule has 0 saturated carbocycles. The van der Waals surface area contributed by atoms with E-state index in [1.165, 1.54) is 0 Å². The van der Waals surface area contributed by atoms with Gasteiger partial charge in [0.2, 0.25) is 5.91 Å². The van der Waals surface area contributed by atoms with Crippen LogP contribution in [0.4, 0.5) is 0 Å². The summed E-state index contributed by atoms with van der Waals surface area (Å²) in [6.07, 6.45) is -2.81. The van der Waals surface area contributed by atoms with Gasteiger partial charge in [0.05, 0.1) is 45.7 Å². The lowest BCUT2D eigenvalue weighted by molar-refractivity contribution is -0.265. The third-order valence-corrected chi connectivity index (χ3v) is 4.53. The van der Waals surface area contributed by atoms with E-state index in [0.717, 1.165) is 0 Å². The minimum Gasteiger partial charge on any atom is -0.394 e. The van der Waals surface area contributed by atoms with Gasteiger partial charge >= 0.3 is 0 Å². The van der Waals surface area contributed by atoms with Crippen molar-refractivity contribution in [3.05, 3.63) is 0 Å². The number of carbonyl (C=O) groups is 1. The number of aliphatic hydroxyl groups excluding tert-OH is 3. The van der Waals surface area contributed by atoms with Crippen molar-refractivity contribution in [1.29, 1.82) is 0 Å². The largest absolute Gasteiger partial charge is 0.394 e. The van der Waals surface area contributed by atoms with Gasteiger partial charge in [0.1, 0.15) is 18.3 Å². The van der Waals surface area contributed by atoms with Gasteiger partial charge in [0.15, 0.2) is 6.29 Å². The second-order valence-electron chi connectivity index (χ2n) is 6.88. The SMILES string of the molecule is CCOCCOCCOCCNC(=O)CCCCOC1OC(CO)C(O)C(O)C1N. The van der Waals surface area contributed by atoms with Crippen LogP contribution in [0.5, 0.6) is 0 Å². The number of ether oxygens (including phenoxy) is 5. The Labute approximate surface area is 177 Å². The molecular weight excluding hydrogens is 400 g/mol. The van der Waals surface area contributed by atoms with Gasteiger partial charge in [-0.25, -0.2) is 0 Å². The van der Waals surface area contributed by atoms with E-state index in [-0.39, 0.29) is 12.5 Å². The Morgan fingerprint density at radius 1 is 1.00 bits per heavy atom. The van der Waals surface area contributed by atoms with Crippen LogP contribution in [-0.4, -0.2) is 111 Å². The molecule has 11 nitrogen and oxygen atoms in total. The van der Waals surface area contributed by atoms with E-state index in [0.29, 0.717) is 65.4 Å². The molecule has 6 N–H and O–H groups in total. The molecule has 0 bridgehead atoms. The first kappa shape index (κ1) is 27.1. The standard InChI is InChI=1S/C19H38N2O9/c1-2-26-9-10-28-12-11-27-8-6-21-15(23)5-3-4-7-29-19-16(20)18(25)17(24)14(13-22)30-19/h14,16-19,22,24-25H,2-13,20H2,1H3,(H,21,23). The minimum absolute atomic E-state index is 0.0731. The molecule has 0 radical (unpaired) electrons. The van der Waals surface area contributed by atoms with Crippen molar-refractivity contribution < 1.29 is 43.8 Å². The summed E-state index contributed by atoms with van der Waals surface area (Å²) < 4.78 is 26.7. The van der Waals surface area contributed by atoms with E-state index in [4.69, 9.17) is 34.5 Å². The number of rotatable bonds is 17. The maximum absolute atomic E-state index is 11.8. The highest BCUT2D eigenvalue weighted by molar-refractivity contribution is 5.75. The molecule has 178 valence electrons. The van der Waals surface area contributed by atoms with Crippen LogP contribution in [0, 0.1) is 0 Å². The zero-order valence-electron chi connectivity index (χ0n) is 17.7. The summed E-state index contributed by atoms with van der Waals surface area (Å²) in [6, 6.07) is -0.916. The summed E-state index contributed by atoms with van der Waals surface area (Å²) in [7, 11) is 0. The summed E-state index contributed by atoms with van der Waals surface area (Å²) in [4.78, 5) is 11.8. The zero-order valence-corrected chi connectivity index (χ0v) is 17.7. The van der Waals surface area contributed by atoms with Gasteiger partial charge in [-0.2, -0.15) is 0 Å². The van der Waals surface area contributed by atoms with Crippen molar-refractivity contribution >= 4 is 5.91 Å². The fraction of sp³-hybridized carbons (Fsp3) is 0.947. The highest BCUT2D eigenvalue weighted by Gasteiger charge is 2.42. The molecule has 5 atom stereocenters. The quantitative estimate of drug-likeness (QED) is 0.163. The van der Waals surface area contributed by atoms with E-state index in [9.17, 15) is 15.0 Å². The molecular formula is C19H38N2O9. The van der Waals surface area contributed by atoms with Crippen LogP contribution < -0.4 is 11.1 Å². The third-order valence-electron chi connectivity index (χ3n) is 4.53. The monoisotopic (exact) mass is 438 g/mol. The number of carbonyl (C=O) groups excluding carboxylic acids is 1. The number of hydrogen-bond donors (Lipinski definition) is 5. The molecule has 0 aromatic carbocycles. The van der Waals surface area contributed by atoms with E-state index < -0.39 is 37.3 Å². The molecule has 1 saturated heterocycles. The topological polar surface area (TPSA) is 162 Å². The first-order valence-corrected chi connectivity index (χ1v) is 10.5. The Kier molecular flexibility index (Phi) is 15.2. The Morgan fingerprint density at radius 3 is 2.33 bits per heavy atom. The highest BCUT2D eigenvalue weighted by Crippen LogP contribution is 2.20. The van der Waals surface area contributed by atoms with Crippen LogP contribution in [0.1, 0.15) is 26.2 Å². The summed E-state index contributed by atoms with van der Waals surface area (Å²) in [5, 5.41) is 31.5. The van der Waals surface area contributed by atoms with E-state index in [1.54, 1.807) is 0 Å². The number of nitrogens with two attached hydrogens (primary N) is 1. The second kappa shape index (κ2) is 16.8. The smallest absolute Gasteiger partial charge is 0.220 e. The Hall–Kier alpha value is -0.890. The number of unbranched alkanes of at least 4 members (excludes halogenated alkanes) is 1. The van der Waals surface area contributed by atoms with Gasteiger partial charge in [-0.05, 0) is 19.8 Å². The van der Waals surface area contributed by atoms with Crippen molar-refractivity contribution in [3.8, 4) is 0 Å². The van der Waals surface area contributed by atoms with E-state index in [1.807, 2.05) is 6.92 Å². The summed E-state index contributed by atoms with van der Waals surface area (Å²) >= 11 is 0. The van der Waals surface area contributed by atoms with Crippen LogP contribution in [-0.2, 0) is 28.5 Å². The average Bonchev–Trinajstić information content (AvgIpc) is 2.74. The molecule has 1 aliphatic rings. The van der Waals surface area contributed by atoms with Gasteiger partial charge < -0.3 is 50.1 Å². The first-order valence-electron chi connectivity index (χ1n) is 10.5.